The van der Waals surface area contributed by atoms with E-state index >= 15 is 0 Å². The zero-order valence-corrected chi connectivity index (χ0v) is 12.4. The summed E-state index contributed by atoms with van der Waals surface area (Å²) in [5.74, 6) is -0.663. The highest BCUT2D eigenvalue weighted by Gasteiger charge is 2.03. The Morgan fingerprint density at radius 3 is 2.60 bits per heavy atom. The van der Waals surface area contributed by atoms with Crippen molar-refractivity contribution < 1.29 is 9.18 Å². The van der Waals surface area contributed by atoms with E-state index in [4.69, 9.17) is 0 Å². The van der Waals surface area contributed by atoms with Crippen LogP contribution in [0.2, 0.25) is 0 Å². The Hall–Kier alpha value is -1.94. The van der Waals surface area contributed by atoms with Crippen molar-refractivity contribution in [2.24, 2.45) is 0 Å². The quantitative estimate of drug-likeness (QED) is 0.820. The maximum atomic E-state index is 13.1. The Bertz CT molecular complexity index is 650. The van der Waals surface area contributed by atoms with Crippen molar-refractivity contribution in [3.8, 4) is 0 Å². The molecule has 0 aliphatic carbocycles. The van der Waals surface area contributed by atoms with E-state index in [-0.39, 0.29) is 11.7 Å². The summed E-state index contributed by atoms with van der Waals surface area (Å²) in [6, 6.07) is 11.9. The van der Waals surface area contributed by atoms with Crippen LogP contribution >= 0.6 is 15.9 Å². The molecule has 1 N–H and O–H groups in total. The molecule has 2 nitrogen and oxygen atoms in total. The molecule has 1 amide bonds. The molecule has 0 aliphatic rings. The number of hydrogen-bond donors (Lipinski definition) is 1. The van der Waals surface area contributed by atoms with Crippen LogP contribution in [0.4, 0.5) is 10.1 Å². The van der Waals surface area contributed by atoms with Crippen LogP contribution in [0, 0.1) is 12.7 Å². The first kappa shape index (κ1) is 14.5. The van der Waals surface area contributed by atoms with Crippen LogP contribution in [0.5, 0.6) is 0 Å². The summed E-state index contributed by atoms with van der Waals surface area (Å²) in [5.41, 5.74) is 2.21. The Morgan fingerprint density at radius 2 is 1.90 bits per heavy atom. The normalized spacial score (nSPS) is 10.8. The number of amides is 1. The lowest BCUT2D eigenvalue weighted by molar-refractivity contribution is -0.111. The van der Waals surface area contributed by atoms with Crippen molar-refractivity contribution >= 4 is 33.6 Å². The maximum absolute atomic E-state index is 13.1. The standard InChI is InChI=1S/C16H13BrFNO/c1-11-2-8-14(18)10-15(11)19-16(20)9-5-12-3-6-13(17)7-4-12/h2-10H,1H3,(H,19,20). The summed E-state index contributed by atoms with van der Waals surface area (Å²) >= 11 is 3.35. The topological polar surface area (TPSA) is 29.1 Å². The SMILES string of the molecule is Cc1ccc(F)cc1NC(=O)C=Cc1ccc(Br)cc1. The molecular formula is C16H13BrFNO. The molecule has 2 aromatic rings. The van der Waals surface area contributed by atoms with Crippen molar-refractivity contribution in [3.05, 3.63) is 70.0 Å². The van der Waals surface area contributed by atoms with Gasteiger partial charge in [-0.1, -0.05) is 34.1 Å². The van der Waals surface area contributed by atoms with Crippen LogP contribution in [0.3, 0.4) is 0 Å². The van der Waals surface area contributed by atoms with Gasteiger partial charge >= 0.3 is 0 Å². The zero-order chi connectivity index (χ0) is 14.5. The molecule has 0 aliphatic heterocycles. The van der Waals surface area contributed by atoms with E-state index in [1.807, 2.05) is 31.2 Å². The molecule has 0 heterocycles. The predicted molar refractivity (Wildman–Crippen MR) is 82.9 cm³/mol. The summed E-state index contributed by atoms with van der Waals surface area (Å²) in [6.45, 7) is 1.81. The van der Waals surface area contributed by atoms with Gasteiger partial charge in [0.2, 0.25) is 5.91 Å². The van der Waals surface area contributed by atoms with Crippen LogP contribution in [0.25, 0.3) is 6.08 Å². The molecule has 0 aromatic heterocycles. The van der Waals surface area contributed by atoms with Crippen LogP contribution in [-0.2, 0) is 4.79 Å². The molecule has 20 heavy (non-hydrogen) atoms. The van der Waals surface area contributed by atoms with Gasteiger partial charge in [0.25, 0.3) is 0 Å². The molecule has 4 heteroatoms. The first-order valence-electron chi connectivity index (χ1n) is 6.05. The van der Waals surface area contributed by atoms with Gasteiger partial charge in [-0.25, -0.2) is 4.39 Å². The molecule has 2 rings (SSSR count). The smallest absolute Gasteiger partial charge is 0.248 e. The fourth-order valence-corrected chi connectivity index (χ4v) is 1.91. The van der Waals surface area contributed by atoms with Crippen LogP contribution in [0.15, 0.2) is 53.0 Å². The second-order valence-electron chi connectivity index (χ2n) is 4.33. The number of nitrogens with one attached hydrogen (secondary N) is 1. The number of halogens is 2. The molecule has 2 aromatic carbocycles. The highest BCUT2D eigenvalue weighted by atomic mass is 79.9. The first-order chi connectivity index (χ1) is 9.54. The van der Waals surface area contributed by atoms with E-state index in [0.717, 1.165) is 15.6 Å². The van der Waals surface area contributed by atoms with Gasteiger partial charge in [0.15, 0.2) is 0 Å². The van der Waals surface area contributed by atoms with Gasteiger partial charge in [-0.3, -0.25) is 4.79 Å². The summed E-state index contributed by atoms with van der Waals surface area (Å²) in [6.07, 6.45) is 3.13. The van der Waals surface area contributed by atoms with Gasteiger partial charge in [-0.2, -0.15) is 0 Å². The molecule has 0 saturated carbocycles. The Morgan fingerprint density at radius 1 is 1.20 bits per heavy atom. The first-order valence-corrected chi connectivity index (χ1v) is 6.85. The average molecular weight is 334 g/mol. The van der Waals surface area contributed by atoms with Crippen LogP contribution in [-0.4, -0.2) is 5.91 Å². The summed E-state index contributed by atoms with van der Waals surface area (Å²) < 4.78 is 14.1. The number of carbonyl (C=O) groups excluding carboxylic acids is 1. The molecule has 0 atom stereocenters. The fraction of sp³-hybridized carbons (Fsp3) is 0.0625. The highest BCUT2D eigenvalue weighted by molar-refractivity contribution is 9.10. The third kappa shape index (κ3) is 4.03. The third-order valence-electron chi connectivity index (χ3n) is 2.75. The molecule has 0 saturated heterocycles. The minimum absolute atomic E-state index is 0.290. The van der Waals surface area contributed by atoms with Crippen molar-refractivity contribution in [1.82, 2.24) is 0 Å². The number of hydrogen-bond acceptors (Lipinski definition) is 1. The van der Waals surface area contributed by atoms with Gasteiger partial charge in [-0.05, 0) is 48.4 Å². The van der Waals surface area contributed by atoms with Crippen molar-refractivity contribution in [1.29, 1.82) is 0 Å². The highest BCUT2D eigenvalue weighted by Crippen LogP contribution is 2.16. The summed E-state index contributed by atoms with van der Waals surface area (Å²) in [4.78, 5) is 11.8. The van der Waals surface area contributed by atoms with E-state index < -0.39 is 0 Å². The number of benzene rings is 2. The molecule has 102 valence electrons. The number of aryl methyl sites for hydroxylation is 1. The van der Waals surface area contributed by atoms with Crippen molar-refractivity contribution in [2.45, 2.75) is 6.92 Å². The van der Waals surface area contributed by atoms with E-state index in [2.05, 4.69) is 21.2 Å². The molecule has 0 spiro atoms. The minimum atomic E-state index is -0.372. The lowest BCUT2D eigenvalue weighted by Crippen LogP contribution is -2.09. The maximum Gasteiger partial charge on any atom is 0.248 e. The fourth-order valence-electron chi connectivity index (χ4n) is 1.65. The Kier molecular flexibility index (Phi) is 4.69. The Balaban J connectivity index is 2.05. The number of anilines is 1. The van der Waals surface area contributed by atoms with Gasteiger partial charge < -0.3 is 5.32 Å². The van der Waals surface area contributed by atoms with Crippen LogP contribution < -0.4 is 5.32 Å². The molecular weight excluding hydrogens is 321 g/mol. The zero-order valence-electron chi connectivity index (χ0n) is 10.9. The van der Waals surface area contributed by atoms with Gasteiger partial charge in [0.1, 0.15) is 5.82 Å². The second-order valence-corrected chi connectivity index (χ2v) is 5.25. The largest absolute Gasteiger partial charge is 0.322 e. The molecule has 0 unspecified atom stereocenters. The molecule has 0 fully saturated rings. The second kappa shape index (κ2) is 6.48. The van der Waals surface area contributed by atoms with Crippen LogP contribution in [0.1, 0.15) is 11.1 Å². The lowest BCUT2D eigenvalue weighted by Gasteiger charge is -2.06. The summed E-state index contributed by atoms with van der Waals surface area (Å²) in [5, 5.41) is 2.66. The predicted octanol–water partition coefficient (Wildman–Crippen LogP) is 4.55. The average Bonchev–Trinajstić information content (AvgIpc) is 2.42. The number of rotatable bonds is 3. The number of carbonyl (C=O) groups is 1. The molecule has 0 bridgehead atoms. The lowest BCUT2D eigenvalue weighted by atomic mass is 10.2. The van der Waals surface area contributed by atoms with Gasteiger partial charge in [0, 0.05) is 16.2 Å². The molecule has 0 radical (unpaired) electrons. The Labute approximate surface area is 125 Å². The van der Waals surface area contributed by atoms with Crippen molar-refractivity contribution in [3.63, 3.8) is 0 Å². The monoisotopic (exact) mass is 333 g/mol. The van der Waals surface area contributed by atoms with E-state index in [1.54, 1.807) is 12.1 Å². The van der Waals surface area contributed by atoms with E-state index in [0.29, 0.717) is 5.69 Å². The third-order valence-corrected chi connectivity index (χ3v) is 3.28. The van der Waals surface area contributed by atoms with Crippen molar-refractivity contribution in [2.75, 3.05) is 5.32 Å². The summed E-state index contributed by atoms with van der Waals surface area (Å²) in [7, 11) is 0. The minimum Gasteiger partial charge on any atom is -0.322 e. The van der Waals surface area contributed by atoms with E-state index in [1.165, 1.54) is 18.2 Å². The van der Waals surface area contributed by atoms with Gasteiger partial charge in [-0.15, -0.1) is 0 Å². The van der Waals surface area contributed by atoms with E-state index in [9.17, 15) is 9.18 Å². The van der Waals surface area contributed by atoms with Gasteiger partial charge in [0.05, 0.1) is 0 Å².